The maximum atomic E-state index is 13.8. The van der Waals surface area contributed by atoms with Crippen LogP contribution in [0.4, 0.5) is 0 Å². The van der Waals surface area contributed by atoms with Crippen LogP contribution >= 0.6 is 0 Å². The van der Waals surface area contributed by atoms with Crippen LogP contribution in [0.5, 0.6) is 0 Å². The number of benzene rings is 1. The van der Waals surface area contributed by atoms with Crippen molar-refractivity contribution in [1.82, 2.24) is 0 Å². The van der Waals surface area contributed by atoms with Crippen molar-refractivity contribution >= 4 is 11.9 Å². The molecule has 6 rings (SSSR count). The second kappa shape index (κ2) is 6.12. The van der Waals surface area contributed by atoms with E-state index in [9.17, 15) is 19.8 Å². The molecule has 6 heteroatoms. The first-order valence-electron chi connectivity index (χ1n) is 11.4. The van der Waals surface area contributed by atoms with Gasteiger partial charge < -0.3 is 19.7 Å². The van der Waals surface area contributed by atoms with Crippen LogP contribution in [0.3, 0.4) is 0 Å². The lowest BCUT2D eigenvalue weighted by atomic mass is 9.61. The van der Waals surface area contributed by atoms with Gasteiger partial charge in [-0.25, -0.2) is 0 Å². The largest absolute Gasteiger partial charge is 0.461 e. The Morgan fingerprint density at radius 2 is 2.06 bits per heavy atom. The normalized spacial score (nSPS) is 47.7. The van der Waals surface area contributed by atoms with E-state index >= 15 is 0 Å². The molecule has 3 saturated carbocycles. The summed E-state index contributed by atoms with van der Waals surface area (Å²) < 4.78 is 11.9. The molecule has 0 radical (unpaired) electrons. The van der Waals surface area contributed by atoms with E-state index < -0.39 is 51.9 Å². The summed E-state index contributed by atoms with van der Waals surface area (Å²) in [5, 5.41) is 22.2. The quantitative estimate of drug-likeness (QED) is 0.559. The zero-order valence-corrected chi connectivity index (χ0v) is 18.1. The summed E-state index contributed by atoms with van der Waals surface area (Å²) in [7, 11) is 0. The summed E-state index contributed by atoms with van der Waals surface area (Å²) in [5.74, 6) is -2.23. The number of hydrogen-bond donors (Lipinski definition) is 2. The number of ether oxygens (including phenoxy) is 2. The second-order valence-electron chi connectivity index (χ2n) is 10.7. The Morgan fingerprint density at radius 3 is 2.81 bits per heavy atom. The fourth-order valence-corrected chi connectivity index (χ4v) is 7.93. The number of esters is 2. The highest BCUT2D eigenvalue weighted by Gasteiger charge is 2.83. The molecule has 0 amide bonds. The number of hydrogen-bond acceptors (Lipinski definition) is 6. The van der Waals surface area contributed by atoms with Crippen molar-refractivity contribution in [3.8, 4) is 0 Å². The summed E-state index contributed by atoms with van der Waals surface area (Å²) in [6.45, 7) is 5.99. The second-order valence-corrected chi connectivity index (χ2v) is 10.7. The first-order valence-corrected chi connectivity index (χ1v) is 11.4. The maximum absolute atomic E-state index is 13.8. The summed E-state index contributed by atoms with van der Waals surface area (Å²) in [5.41, 5.74) is -2.20. The molecule has 0 unspecified atom stereocenters. The van der Waals surface area contributed by atoms with Crippen LogP contribution < -0.4 is 0 Å². The van der Waals surface area contributed by atoms with E-state index in [0.29, 0.717) is 25.7 Å². The fraction of sp³-hybridized carbons (Fsp3) is 0.538. The molecule has 32 heavy (non-hydrogen) atoms. The molecule has 1 spiro atoms. The third-order valence-corrected chi connectivity index (χ3v) is 9.33. The number of fused-ring (bicyclic) bond motifs is 1. The minimum absolute atomic E-state index is 0.131. The lowest BCUT2D eigenvalue weighted by Gasteiger charge is -2.44. The van der Waals surface area contributed by atoms with Crippen LogP contribution in [0.15, 0.2) is 54.6 Å². The van der Waals surface area contributed by atoms with E-state index in [1.165, 1.54) is 0 Å². The number of carbonyl (C=O) groups excluding carboxylic acids is 2. The van der Waals surface area contributed by atoms with Crippen LogP contribution in [0.2, 0.25) is 0 Å². The molecule has 1 saturated heterocycles. The SMILES string of the molecule is C=C1C[C@]23C[C@@]1(O)CC[C@H]2[C@@]12C=C[C@H](O)[C@](C)(C(=O)O1)[C@H]2[C@@H]3C(=O)OCc1ccccc1. The van der Waals surface area contributed by atoms with Crippen molar-refractivity contribution in [2.75, 3.05) is 0 Å². The van der Waals surface area contributed by atoms with Crippen molar-refractivity contribution in [3.63, 3.8) is 0 Å². The molecule has 8 atom stereocenters. The lowest BCUT2D eigenvalue weighted by Crippen LogP contribution is -2.51. The maximum Gasteiger partial charge on any atom is 0.316 e. The standard InChI is InChI=1S/C26H28O6/c1-15-12-24-14-25(15,30)10-8-17(24)26-11-9-18(27)23(2,22(29)32-26)20(26)19(24)21(28)31-13-16-6-4-3-5-7-16/h3-7,9,11,17-20,27,30H,1,8,10,12-14H2,2H3/t17-,18+,19-,20-,23+,24+,25+,26-/m1/s1. The third-order valence-electron chi connectivity index (χ3n) is 9.33. The Bertz CT molecular complexity index is 1060. The molecule has 1 aliphatic heterocycles. The highest BCUT2D eigenvalue weighted by atomic mass is 16.6. The average molecular weight is 437 g/mol. The number of aliphatic hydroxyl groups excluding tert-OH is 1. The van der Waals surface area contributed by atoms with E-state index in [0.717, 1.165) is 11.1 Å². The van der Waals surface area contributed by atoms with Gasteiger partial charge in [0.15, 0.2) is 0 Å². The van der Waals surface area contributed by atoms with Gasteiger partial charge in [0.25, 0.3) is 0 Å². The van der Waals surface area contributed by atoms with E-state index in [1.807, 2.05) is 36.4 Å². The van der Waals surface area contributed by atoms with Gasteiger partial charge in [-0.1, -0.05) is 43.0 Å². The Labute approximate surface area is 186 Å². The van der Waals surface area contributed by atoms with Crippen molar-refractivity contribution in [2.24, 2.45) is 28.6 Å². The van der Waals surface area contributed by atoms with Crippen molar-refractivity contribution < 1.29 is 29.3 Å². The molecular formula is C26H28O6. The van der Waals surface area contributed by atoms with Crippen molar-refractivity contribution in [1.29, 1.82) is 0 Å². The summed E-state index contributed by atoms with van der Waals surface area (Å²) >= 11 is 0. The van der Waals surface area contributed by atoms with Crippen LogP contribution in [0.25, 0.3) is 0 Å². The van der Waals surface area contributed by atoms with Gasteiger partial charge in [-0.15, -0.1) is 0 Å². The molecule has 1 heterocycles. The zero-order chi connectivity index (χ0) is 22.5. The predicted octanol–water partition coefficient (Wildman–Crippen LogP) is 2.69. The summed E-state index contributed by atoms with van der Waals surface area (Å²) in [4.78, 5) is 26.9. The minimum Gasteiger partial charge on any atom is -0.461 e. The molecule has 1 aromatic carbocycles. The first kappa shape index (κ1) is 20.2. The first-order chi connectivity index (χ1) is 15.2. The lowest BCUT2D eigenvalue weighted by molar-refractivity contribution is -0.166. The Hall–Kier alpha value is -2.44. The van der Waals surface area contributed by atoms with Crippen molar-refractivity contribution in [3.05, 3.63) is 60.2 Å². The number of carbonyl (C=O) groups is 2. The third kappa shape index (κ3) is 2.17. The zero-order valence-electron chi connectivity index (χ0n) is 18.1. The molecule has 4 fully saturated rings. The monoisotopic (exact) mass is 436 g/mol. The van der Waals surface area contributed by atoms with E-state index in [1.54, 1.807) is 13.0 Å². The molecule has 4 aliphatic carbocycles. The number of rotatable bonds is 3. The van der Waals surface area contributed by atoms with Crippen LogP contribution in [-0.4, -0.2) is 39.5 Å². The Kier molecular flexibility index (Phi) is 3.86. The van der Waals surface area contributed by atoms with Gasteiger partial charge >= 0.3 is 11.9 Å². The molecule has 2 N–H and O–H groups in total. The van der Waals surface area contributed by atoms with Gasteiger partial charge in [0, 0.05) is 11.8 Å². The Morgan fingerprint density at radius 1 is 1.31 bits per heavy atom. The molecule has 4 bridgehead atoms. The summed E-state index contributed by atoms with van der Waals surface area (Å²) in [6, 6.07) is 9.47. The molecular weight excluding hydrogens is 408 g/mol. The topological polar surface area (TPSA) is 93.1 Å². The van der Waals surface area contributed by atoms with E-state index in [4.69, 9.17) is 9.47 Å². The fourth-order valence-electron chi connectivity index (χ4n) is 7.93. The van der Waals surface area contributed by atoms with Crippen LogP contribution in [-0.2, 0) is 25.7 Å². The number of aliphatic hydroxyl groups is 2. The molecule has 6 nitrogen and oxygen atoms in total. The van der Waals surface area contributed by atoms with Gasteiger partial charge in [0.1, 0.15) is 17.6 Å². The van der Waals surface area contributed by atoms with Gasteiger partial charge in [0.05, 0.1) is 17.6 Å². The van der Waals surface area contributed by atoms with Crippen LogP contribution in [0.1, 0.15) is 38.2 Å². The highest BCUT2D eigenvalue weighted by molar-refractivity contribution is 5.87. The molecule has 0 aromatic heterocycles. The minimum atomic E-state index is -1.24. The highest BCUT2D eigenvalue weighted by Crippen LogP contribution is 2.77. The molecule has 5 aliphatic rings. The van der Waals surface area contributed by atoms with Gasteiger partial charge in [-0.05, 0) is 55.2 Å². The Balaban J connectivity index is 1.47. The average Bonchev–Trinajstić information content (AvgIpc) is 3.20. The smallest absolute Gasteiger partial charge is 0.316 e. The van der Waals surface area contributed by atoms with Crippen LogP contribution in [0, 0.1) is 28.6 Å². The molecule has 168 valence electrons. The summed E-state index contributed by atoms with van der Waals surface area (Å²) in [6.07, 6.45) is 4.48. The van der Waals surface area contributed by atoms with E-state index in [-0.39, 0.29) is 12.5 Å². The predicted molar refractivity (Wildman–Crippen MR) is 114 cm³/mol. The molecule has 1 aromatic rings. The van der Waals surface area contributed by atoms with Gasteiger partial charge in [-0.3, -0.25) is 9.59 Å². The van der Waals surface area contributed by atoms with E-state index in [2.05, 4.69) is 6.58 Å². The van der Waals surface area contributed by atoms with Gasteiger partial charge in [0.2, 0.25) is 0 Å². The van der Waals surface area contributed by atoms with Crippen molar-refractivity contribution in [2.45, 2.75) is 56.5 Å². The van der Waals surface area contributed by atoms with Gasteiger partial charge in [-0.2, -0.15) is 0 Å².